The maximum absolute atomic E-state index is 12.9. The Hall–Kier alpha value is -3.58. The van der Waals surface area contributed by atoms with Crippen LogP contribution in [-0.2, 0) is 30.8 Å². The molecule has 1 amide bonds. The molecule has 1 aromatic heterocycles. The summed E-state index contributed by atoms with van der Waals surface area (Å²) in [5.41, 5.74) is 4.96. The van der Waals surface area contributed by atoms with Crippen molar-refractivity contribution in [3.63, 3.8) is 0 Å². The van der Waals surface area contributed by atoms with E-state index in [1.165, 1.54) is 22.4 Å². The number of fused-ring (bicyclic) bond motifs is 1. The first-order chi connectivity index (χ1) is 16.1. The molecule has 1 fully saturated rings. The molecular weight excluding hydrogens is 436 g/mol. The topological polar surface area (TPSA) is 63.9 Å². The van der Waals surface area contributed by atoms with Crippen molar-refractivity contribution in [2.45, 2.75) is 32.4 Å². The van der Waals surface area contributed by atoms with Crippen molar-refractivity contribution in [3.05, 3.63) is 88.5 Å². The van der Waals surface area contributed by atoms with Crippen LogP contribution >= 0.6 is 12.2 Å². The fourth-order valence-corrected chi connectivity index (χ4v) is 4.50. The summed E-state index contributed by atoms with van der Waals surface area (Å²) in [5, 5.41) is 3.37. The van der Waals surface area contributed by atoms with E-state index in [9.17, 15) is 4.79 Å². The maximum Gasteiger partial charge on any atom is 0.276 e. The molecule has 3 aromatic rings. The molecule has 2 heterocycles. The number of hydrogen-bond acceptors (Lipinski definition) is 5. The molecule has 0 saturated carbocycles. The number of furan rings is 1. The number of hydrogen-bond donors (Lipinski definition) is 1. The molecule has 0 unspecified atom stereocenters. The van der Waals surface area contributed by atoms with Gasteiger partial charge in [0.1, 0.15) is 29.6 Å². The molecule has 1 N–H and O–H groups in total. The van der Waals surface area contributed by atoms with Gasteiger partial charge in [0, 0.05) is 5.56 Å². The average Bonchev–Trinajstić information content (AvgIpc) is 3.56. The molecule has 2 aliphatic rings. The van der Waals surface area contributed by atoms with Crippen molar-refractivity contribution in [2.75, 3.05) is 7.11 Å². The summed E-state index contributed by atoms with van der Waals surface area (Å²) >= 11 is 5.35. The number of rotatable bonds is 7. The Kier molecular flexibility index (Phi) is 5.88. The van der Waals surface area contributed by atoms with Crippen LogP contribution in [0.2, 0.25) is 0 Å². The number of aryl methyl sites for hydroxylation is 2. The van der Waals surface area contributed by atoms with E-state index in [1.807, 2.05) is 30.3 Å². The van der Waals surface area contributed by atoms with Gasteiger partial charge in [-0.3, -0.25) is 9.69 Å². The number of carbonyl (C=O) groups excluding carboxylic acids is 1. The van der Waals surface area contributed by atoms with E-state index in [0.717, 1.165) is 35.5 Å². The van der Waals surface area contributed by atoms with Crippen LogP contribution in [0.25, 0.3) is 6.08 Å². The number of nitrogens with zero attached hydrogens (tertiary/aromatic N) is 1. The first-order valence-corrected chi connectivity index (χ1v) is 11.3. The van der Waals surface area contributed by atoms with Crippen LogP contribution < -0.4 is 14.8 Å². The van der Waals surface area contributed by atoms with Gasteiger partial charge in [-0.05, 0) is 90.6 Å². The van der Waals surface area contributed by atoms with Gasteiger partial charge < -0.3 is 19.2 Å². The minimum atomic E-state index is -0.192. The fraction of sp³-hybridized carbons (Fsp3) is 0.231. The highest BCUT2D eigenvalue weighted by molar-refractivity contribution is 7.80. The normalized spacial score (nSPS) is 16.3. The number of thiocarbonyl (C=S) groups is 1. The summed E-state index contributed by atoms with van der Waals surface area (Å²) in [6.45, 7) is 0.654. The van der Waals surface area contributed by atoms with Gasteiger partial charge in [0.05, 0.1) is 19.9 Å². The summed E-state index contributed by atoms with van der Waals surface area (Å²) < 4.78 is 16.9. The molecule has 2 aromatic carbocycles. The molecule has 1 aliphatic heterocycles. The smallest absolute Gasteiger partial charge is 0.276 e. The summed E-state index contributed by atoms with van der Waals surface area (Å²) in [6, 6.07) is 15.7. The Labute approximate surface area is 197 Å². The third kappa shape index (κ3) is 4.50. The highest BCUT2D eigenvalue weighted by Gasteiger charge is 2.31. The summed E-state index contributed by atoms with van der Waals surface area (Å²) in [6.07, 6.45) is 6.83. The van der Waals surface area contributed by atoms with E-state index in [1.54, 1.807) is 25.5 Å². The predicted molar refractivity (Wildman–Crippen MR) is 129 cm³/mol. The van der Waals surface area contributed by atoms with Crippen LogP contribution in [0.4, 0.5) is 0 Å². The van der Waals surface area contributed by atoms with E-state index >= 15 is 0 Å². The van der Waals surface area contributed by atoms with Crippen LogP contribution in [0.1, 0.15) is 34.4 Å². The molecule has 1 saturated heterocycles. The van der Waals surface area contributed by atoms with Gasteiger partial charge in [0.2, 0.25) is 0 Å². The predicted octanol–water partition coefficient (Wildman–Crippen LogP) is 4.61. The summed E-state index contributed by atoms with van der Waals surface area (Å²) in [7, 11) is 1.64. The molecule has 5 rings (SSSR count). The van der Waals surface area contributed by atoms with Crippen LogP contribution in [0.5, 0.6) is 11.5 Å². The number of ether oxygens (including phenoxy) is 2. The highest BCUT2D eigenvalue weighted by atomic mass is 32.1. The van der Waals surface area contributed by atoms with Gasteiger partial charge in [-0.1, -0.05) is 12.1 Å². The van der Waals surface area contributed by atoms with E-state index in [2.05, 4.69) is 17.4 Å². The third-order valence-corrected chi connectivity index (χ3v) is 6.26. The van der Waals surface area contributed by atoms with E-state index < -0.39 is 0 Å². The van der Waals surface area contributed by atoms with E-state index in [0.29, 0.717) is 23.2 Å². The lowest BCUT2D eigenvalue weighted by Gasteiger charge is -2.12. The SMILES string of the molecule is COc1ccc(/C=C2/NC(=S)N(Cc3ccco3)C2=O)cc1COc1ccc2c(c1)CCC2. The number of benzene rings is 2. The van der Waals surface area contributed by atoms with Gasteiger partial charge in [0.15, 0.2) is 5.11 Å². The number of nitrogens with one attached hydrogen (secondary N) is 1. The van der Waals surface area contributed by atoms with Gasteiger partial charge in [-0.15, -0.1) is 0 Å². The fourth-order valence-electron chi connectivity index (χ4n) is 4.24. The molecule has 1 aliphatic carbocycles. The van der Waals surface area contributed by atoms with Crippen molar-refractivity contribution < 1.29 is 18.7 Å². The van der Waals surface area contributed by atoms with Crippen LogP contribution in [0, 0.1) is 0 Å². The second-order valence-electron chi connectivity index (χ2n) is 8.10. The number of amides is 1. The van der Waals surface area contributed by atoms with Crippen molar-refractivity contribution in [1.29, 1.82) is 0 Å². The lowest BCUT2D eigenvalue weighted by molar-refractivity contribution is -0.122. The first kappa shape index (κ1) is 21.3. The molecule has 0 spiro atoms. The lowest BCUT2D eigenvalue weighted by atomic mass is 10.1. The Morgan fingerprint density at radius 3 is 2.85 bits per heavy atom. The molecule has 7 heteroatoms. The Bertz CT molecular complexity index is 1230. The highest BCUT2D eigenvalue weighted by Crippen LogP contribution is 2.28. The van der Waals surface area contributed by atoms with Crippen molar-refractivity contribution in [1.82, 2.24) is 10.2 Å². The van der Waals surface area contributed by atoms with Crippen LogP contribution in [0.15, 0.2) is 64.9 Å². The molecule has 0 bridgehead atoms. The van der Waals surface area contributed by atoms with Gasteiger partial charge in [0.25, 0.3) is 5.91 Å². The van der Waals surface area contributed by atoms with Crippen LogP contribution in [-0.4, -0.2) is 23.0 Å². The Balaban J connectivity index is 1.33. The molecule has 0 radical (unpaired) electrons. The molecule has 168 valence electrons. The largest absolute Gasteiger partial charge is 0.496 e. The lowest BCUT2D eigenvalue weighted by Crippen LogP contribution is -2.29. The first-order valence-electron chi connectivity index (χ1n) is 10.9. The second-order valence-corrected chi connectivity index (χ2v) is 8.49. The van der Waals surface area contributed by atoms with Gasteiger partial charge >= 0.3 is 0 Å². The number of methoxy groups -OCH3 is 1. The average molecular weight is 461 g/mol. The number of carbonyl (C=O) groups is 1. The standard InChI is InChI=1S/C26H24N2O4S/c1-30-24-10-7-17(12-20(24)16-32-21-9-8-18-4-2-5-19(18)14-21)13-23-25(29)28(26(33)27-23)15-22-6-3-11-31-22/h3,6-14H,2,4-5,15-16H2,1H3,(H,27,33)/b23-13+. The third-order valence-electron chi connectivity index (χ3n) is 5.94. The molecule has 0 atom stereocenters. The molecule has 33 heavy (non-hydrogen) atoms. The van der Waals surface area contributed by atoms with Gasteiger partial charge in [-0.25, -0.2) is 0 Å². The molecular formula is C26H24N2O4S. The quantitative estimate of drug-likeness (QED) is 0.410. The van der Waals surface area contributed by atoms with Gasteiger partial charge in [-0.2, -0.15) is 0 Å². The Morgan fingerprint density at radius 2 is 2.03 bits per heavy atom. The van der Waals surface area contributed by atoms with Crippen molar-refractivity contribution >= 4 is 29.3 Å². The summed E-state index contributed by atoms with van der Waals surface area (Å²) in [5.74, 6) is 2.07. The Morgan fingerprint density at radius 1 is 1.15 bits per heavy atom. The zero-order chi connectivity index (χ0) is 22.8. The van der Waals surface area contributed by atoms with E-state index in [4.69, 9.17) is 26.1 Å². The van der Waals surface area contributed by atoms with Crippen LogP contribution in [0.3, 0.4) is 0 Å². The maximum atomic E-state index is 12.9. The van der Waals surface area contributed by atoms with E-state index in [-0.39, 0.29) is 12.5 Å². The monoisotopic (exact) mass is 460 g/mol. The van der Waals surface area contributed by atoms with Crippen molar-refractivity contribution in [2.24, 2.45) is 0 Å². The second kappa shape index (κ2) is 9.11. The van der Waals surface area contributed by atoms with Crippen molar-refractivity contribution in [3.8, 4) is 11.5 Å². The minimum absolute atomic E-state index is 0.192. The minimum Gasteiger partial charge on any atom is -0.496 e. The summed E-state index contributed by atoms with van der Waals surface area (Å²) in [4.78, 5) is 14.4. The zero-order valence-electron chi connectivity index (χ0n) is 18.3. The molecule has 6 nitrogen and oxygen atoms in total. The zero-order valence-corrected chi connectivity index (χ0v) is 19.1.